The number of thioether (sulfide) groups is 1. The summed E-state index contributed by atoms with van der Waals surface area (Å²) in [6.07, 6.45) is 2.68. The van der Waals surface area contributed by atoms with E-state index in [1.807, 2.05) is 13.8 Å². The van der Waals surface area contributed by atoms with E-state index in [4.69, 9.17) is 4.74 Å². The van der Waals surface area contributed by atoms with Gasteiger partial charge in [0.1, 0.15) is 11.4 Å². The number of methoxy groups -OCH3 is 1. The smallest absolute Gasteiger partial charge is 0.325 e. The lowest BCUT2D eigenvalue weighted by molar-refractivity contribution is -0.148. The summed E-state index contributed by atoms with van der Waals surface area (Å²) in [6, 6.07) is 6.53. The summed E-state index contributed by atoms with van der Waals surface area (Å²) in [5.41, 5.74) is -0.607. The Balaban J connectivity index is 2.31. The largest absolute Gasteiger partial charge is 0.468 e. The second-order valence-electron chi connectivity index (χ2n) is 5.11. The third kappa shape index (κ3) is 6.06. The average Bonchev–Trinajstić information content (AvgIpc) is 2.48. The maximum atomic E-state index is 12.8. The Hall–Kier alpha value is -1.07. The highest BCUT2D eigenvalue weighted by Crippen LogP contribution is 2.22. The van der Waals surface area contributed by atoms with Gasteiger partial charge in [-0.1, -0.05) is 13.3 Å². The molecular weight excluding hydrogens is 289 g/mol. The number of esters is 1. The highest BCUT2D eigenvalue weighted by atomic mass is 32.2. The molecule has 0 amide bonds. The number of carbonyl (C=O) groups is 1. The van der Waals surface area contributed by atoms with Crippen LogP contribution in [-0.2, 0) is 9.53 Å². The van der Waals surface area contributed by atoms with E-state index in [9.17, 15) is 9.18 Å². The summed E-state index contributed by atoms with van der Waals surface area (Å²) >= 11 is 1.70. The first-order valence-electron chi connectivity index (χ1n) is 7.23. The molecule has 1 unspecified atom stereocenters. The van der Waals surface area contributed by atoms with Crippen LogP contribution in [0, 0.1) is 5.82 Å². The molecule has 3 nitrogen and oxygen atoms in total. The zero-order chi connectivity index (χ0) is 15.7. The number of hydrogen-bond donors (Lipinski definition) is 1. The SMILES string of the molecule is CCNC(C)(CCCCSc1ccc(F)cc1)C(=O)OC. The van der Waals surface area contributed by atoms with Crippen LogP contribution in [0.4, 0.5) is 4.39 Å². The van der Waals surface area contributed by atoms with Gasteiger partial charge in [-0.3, -0.25) is 4.79 Å². The van der Waals surface area contributed by atoms with E-state index >= 15 is 0 Å². The lowest BCUT2D eigenvalue weighted by atomic mass is 9.95. The van der Waals surface area contributed by atoms with Gasteiger partial charge in [-0.15, -0.1) is 11.8 Å². The molecule has 1 aromatic rings. The van der Waals surface area contributed by atoms with Gasteiger partial charge in [0.25, 0.3) is 0 Å². The van der Waals surface area contributed by atoms with Gasteiger partial charge in [-0.05, 0) is 56.3 Å². The Labute approximate surface area is 130 Å². The average molecular weight is 313 g/mol. The third-order valence-electron chi connectivity index (χ3n) is 3.36. The number of hydrogen-bond acceptors (Lipinski definition) is 4. The van der Waals surface area contributed by atoms with Gasteiger partial charge in [0, 0.05) is 4.90 Å². The summed E-state index contributed by atoms with van der Waals surface area (Å²) in [5.74, 6) is 0.532. The van der Waals surface area contributed by atoms with Crippen LogP contribution in [0.15, 0.2) is 29.2 Å². The molecule has 0 aliphatic rings. The van der Waals surface area contributed by atoms with Crippen molar-refractivity contribution in [1.29, 1.82) is 0 Å². The normalized spacial score (nSPS) is 13.7. The van der Waals surface area contributed by atoms with Gasteiger partial charge in [-0.2, -0.15) is 0 Å². The molecule has 0 bridgehead atoms. The van der Waals surface area contributed by atoms with E-state index in [1.54, 1.807) is 23.9 Å². The van der Waals surface area contributed by atoms with Crippen LogP contribution in [0.5, 0.6) is 0 Å². The first-order valence-corrected chi connectivity index (χ1v) is 8.22. The number of likely N-dealkylation sites (N-methyl/N-ethyl adjacent to an activating group) is 1. The zero-order valence-electron chi connectivity index (χ0n) is 12.9. The van der Waals surface area contributed by atoms with Crippen molar-refractivity contribution in [3.63, 3.8) is 0 Å². The van der Waals surface area contributed by atoms with Gasteiger partial charge < -0.3 is 10.1 Å². The van der Waals surface area contributed by atoms with Crippen LogP contribution in [-0.4, -0.2) is 30.9 Å². The minimum atomic E-state index is -0.607. The zero-order valence-corrected chi connectivity index (χ0v) is 13.8. The molecule has 1 aromatic carbocycles. The molecule has 118 valence electrons. The molecule has 0 aromatic heterocycles. The Kier molecular flexibility index (Phi) is 7.75. The monoisotopic (exact) mass is 313 g/mol. The molecule has 0 heterocycles. The fourth-order valence-corrected chi connectivity index (χ4v) is 3.09. The third-order valence-corrected chi connectivity index (χ3v) is 4.45. The molecule has 0 fully saturated rings. The highest BCUT2D eigenvalue weighted by molar-refractivity contribution is 7.99. The van der Waals surface area contributed by atoms with Crippen molar-refractivity contribution in [3.8, 4) is 0 Å². The van der Waals surface area contributed by atoms with E-state index in [2.05, 4.69) is 5.32 Å². The lowest BCUT2D eigenvalue weighted by Gasteiger charge is -2.27. The molecule has 0 aliphatic heterocycles. The van der Waals surface area contributed by atoms with Gasteiger partial charge >= 0.3 is 5.97 Å². The van der Waals surface area contributed by atoms with Crippen LogP contribution < -0.4 is 5.32 Å². The van der Waals surface area contributed by atoms with Crippen molar-refractivity contribution in [2.24, 2.45) is 0 Å². The molecule has 21 heavy (non-hydrogen) atoms. The molecule has 1 N–H and O–H groups in total. The van der Waals surface area contributed by atoms with E-state index < -0.39 is 5.54 Å². The minimum Gasteiger partial charge on any atom is -0.468 e. The van der Waals surface area contributed by atoms with Gasteiger partial charge in [0.05, 0.1) is 7.11 Å². The Morgan fingerprint density at radius 1 is 1.33 bits per heavy atom. The van der Waals surface area contributed by atoms with Crippen molar-refractivity contribution in [2.75, 3.05) is 19.4 Å². The van der Waals surface area contributed by atoms with Gasteiger partial charge in [0.15, 0.2) is 0 Å². The van der Waals surface area contributed by atoms with Crippen molar-refractivity contribution in [2.45, 2.75) is 43.5 Å². The second-order valence-corrected chi connectivity index (χ2v) is 6.28. The molecule has 0 aliphatic carbocycles. The first-order chi connectivity index (χ1) is 10.0. The van der Waals surface area contributed by atoms with Crippen LogP contribution in [0.1, 0.15) is 33.1 Å². The van der Waals surface area contributed by atoms with Crippen molar-refractivity contribution in [3.05, 3.63) is 30.1 Å². The summed E-state index contributed by atoms with van der Waals surface area (Å²) < 4.78 is 17.6. The number of rotatable bonds is 9. The van der Waals surface area contributed by atoms with E-state index in [0.29, 0.717) is 0 Å². The molecule has 1 rings (SSSR count). The van der Waals surface area contributed by atoms with E-state index in [-0.39, 0.29) is 11.8 Å². The minimum absolute atomic E-state index is 0.209. The predicted octanol–water partition coefficient (Wildman–Crippen LogP) is 3.63. The number of carbonyl (C=O) groups excluding carboxylic acids is 1. The summed E-state index contributed by atoms with van der Waals surface area (Å²) in [4.78, 5) is 12.9. The van der Waals surface area contributed by atoms with Crippen LogP contribution >= 0.6 is 11.8 Å². The maximum absolute atomic E-state index is 12.8. The van der Waals surface area contributed by atoms with Crippen LogP contribution in [0.25, 0.3) is 0 Å². The quantitative estimate of drug-likeness (QED) is 0.429. The summed E-state index contributed by atoms with van der Waals surface area (Å²) in [6.45, 7) is 4.59. The lowest BCUT2D eigenvalue weighted by Crippen LogP contribution is -2.50. The fraction of sp³-hybridized carbons (Fsp3) is 0.562. The Morgan fingerprint density at radius 2 is 2.00 bits per heavy atom. The molecule has 0 saturated carbocycles. The van der Waals surface area contributed by atoms with Gasteiger partial charge in [-0.25, -0.2) is 4.39 Å². The van der Waals surface area contributed by atoms with Crippen molar-refractivity contribution >= 4 is 17.7 Å². The van der Waals surface area contributed by atoms with E-state index in [1.165, 1.54) is 19.2 Å². The molecule has 5 heteroatoms. The summed E-state index contributed by atoms with van der Waals surface area (Å²) in [7, 11) is 1.42. The molecule has 0 saturated heterocycles. The molecule has 0 radical (unpaired) electrons. The Bertz CT molecular complexity index is 438. The number of ether oxygens (including phenoxy) is 1. The Morgan fingerprint density at radius 3 is 2.57 bits per heavy atom. The van der Waals surface area contributed by atoms with E-state index in [0.717, 1.165) is 36.5 Å². The number of halogens is 1. The topological polar surface area (TPSA) is 38.3 Å². The summed E-state index contributed by atoms with van der Waals surface area (Å²) in [5, 5.41) is 3.20. The fourth-order valence-electron chi connectivity index (χ4n) is 2.18. The van der Waals surface area contributed by atoms with Crippen LogP contribution in [0.2, 0.25) is 0 Å². The van der Waals surface area contributed by atoms with Crippen molar-refractivity contribution in [1.82, 2.24) is 5.32 Å². The first kappa shape index (κ1) is 18.0. The van der Waals surface area contributed by atoms with Crippen molar-refractivity contribution < 1.29 is 13.9 Å². The predicted molar refractivity (Wildman–Crippen MR) is 85.1 cm³/mol. The van der Waals surface area contributed by atoms with Crippen LogP contribution in [0.3, 0.4) is 0 Å². The van der Waals surface area contributed by atoms with Gasteiger partial charge in [0.2, 0.25) is 0 Å². The standard InChI is InChI=1S/C16H24FNO2S/c1-4-18-16(2,15(19)20-3)11-5-6-12-21-14-9-7-13(17)8-10-14/h7-10,18H,4-6,11-12H2,1-3H3. The molecule has 1 atom stereocenters. The number of nitrogens with one attached hydrogen (secondary N) is 1. The highest BCUT2D eigenvalue weighted by Gasteiger charge is 2.32. The second kappa shape index (κ2) is 9.05. The number of benzene rings is 1. The number of unbranched alkanes of at least 4 members (excludes halogenated alkanes) is 1. The molecule has 0 spiro atoms. The molecular formula is C16H24FNO2S. The maximum Gasteiger partial charge on any atom is 0.325 e.